The van der Waals surface area contributed by atoms with Crippen LogP contribution in [0.25, 0.3) is 0 Å². The van der Waals surface area contributed by atoms with Crippen molar-refractivity contribution in [1.82, 2.24) is 20.5 Å². The van der Waals surface area contributed by atoms with Gasteiger partial charge in [-0.3, -0.25) is 19.5 Å². The van der Waals surface area contributed by atoms with Gasteiger partial charge in [-0.25, -0.2) is 9.18 Å². The third-order valence-electron chi connectivity index (χ3n) is 5.23. The van der Waals surface area contributed by atoms with Crippen LogP contribution < -0.4 is 10.6 Å². The van der Waals surface area contributed by atoms with E-state index in [1.807, 2.05) is 13.8 Å². The highest BCUT2D eigenvalue weighted by Gasteiger charge is 2.49. The first-order valence-corrected chi connectivity index (χ1v) is 9.50. The summed E-state index contributed by atoms with van der Waals surface area (Å²) in [5.74, 6) is -1.40. The summed E-state index contributed by atoms with van der Waals surface area (Å²) in [5, 5.41) is 5.46. The van der Waals surface area contributed by atoms with E-state index >= 15 is 0 Å². The molecule has 0 saturated carbocycles. The first-order valence-electron chi connectivity index (χ1n) is 9.50. The number of hydrogen-bond acceptors (Lipinski definition) is 4. The molecule has 1 unspecified atom stereocenters. The van der Waals surface area contributed by atoms with Gasteiger partial charge < -0.3 is 10.6 Å². The molecule has 1 saturated heterocycles. The van der Waals surface area contributed by atoms with E-state index in [-0.39, 0.29) is 0 Å². The van der Waals surface area contributed by atoms with Crippen molar-refractivity contribution in [2.45, 2.75) is 38.3 Å². The van der Waals surface area contributed by atoms with Crippen LogP contribution in [-0.2, 0) is 9.59 Å². The third-order valence-corrected chi connectivity index (χ3v) is 5.23. The third kappa shape index (κ3) is 4.11. The van der Waals surface area contributed by atoms with Crippen molar-refractivity contribution >= 4 is 17.8 Å². The lowest BCUT2D eigenvalue weighted by Crippen LogP contribution is -2.47. The molecular weight excluding hydrogens is 375 g/mol. The molecule has 1 aromatic carbocycles. The molecule has 2 heterocycles. The SMILES string of the molecule is CCC1(CC)NC(=O)N(CC(=O)NC(c2cccc(F)c2)c2ccccn2)C1=O. The van der Waals surface area contributed by atoms with Crippen LogP contribution in [-0.4, -0.2) is 39.8 Å². The molecular formula is C21H23FN4O3. The Kier molecular flexibility index (Phi) is 5.91. The number of pyridine rings is 1. The molecule has 0 radical (unpaired) electrons. The van der Waals surface area contributed by atoms with E-state index in [2.05, 4.69) is 15.6 Å². The Labute approximate surface area is 168 Å². The number of nitrogens with zero attached hydrogens (tertiary/aromatic N) is 2. The molecule has 0 bridgehead atoms. The monoisotopic (exact) mass is 398 g/mol. The normalized spacial score (nSPS) is 16.4. The van der Waals surface area contributed by atoms with E-state index in [0.717, 1.165) is 4.90 Å². The van der Waals surface area contributed by atoms with Crippen LogP contribution in [0.5, 0.6) is 0 Å². The lowest BCUT2D eigenvalue weighted by molar-refractivity contribution is -0.135. The molecule has 1 aromatic heterocycles. The summed E-state index contributed by atoms with van der Waals surface area (Å²) in [6.45, 7) is 3.20. The van der Waals surface area contributed by atoms with E-state index in [0.29, 0.717) is 24.1 Å². The smallest absolute Gasteiger partial charge is 0.325 e. The average Bonchev–Trinajstić information content (AvgIpc) is 2.97. The lowest BCUT2D eigenvalue weighted by Gasteiger charge is -2.23. The van der Waals surface area contributed by atoms with Crippen LogP contribution >= 0.6 is 0 Å². The van der Waals surface area contributed by atoms with Gasteiger partial charge in [-0.1, -0.05) is 32.0 Å². The Morgan fingerprint density at radius 1 is 1.21 bits per heavy atom. The number of halogens is 1. The van der Waals surface area contributed by atoms with Gasteiger partial charge in [0.05, 0.1) is 11.7 Å². The number of rotatable bonds is 7. The Morgan fingerprint density at radius 2 is 1.97 bits per heavy atom. The van der Waals surface area contributed by atoms with Gasteiger partial charge in [-0.15, -0.1) is 0 Å². The summed E-state index contributed by atoms with van der Waals surface area (Å²) in [4.78, 5) is 42.9. The van der Waals surface area contributed by atoms with Gasteiger partial charge in [0.2, 0.25) is 5.91 Å². The summed E-state index contributed by atoms with van der Waals surface area (Å²) in [6.07, 6.45) is 2.44. The molecule has 3 rings (SSSR count). The lowest BCUT2D eigenvalue weighted by atomic mass is 9.93. The zero-order valence-corrected chi connectivity index (χ0v) is 16.3. The van der Waals surface area contributed by atoms with Crippen molar-refractivity contribution < 1.29 is 18.8 Å². The highest BCUT2D eigenvalue weighted by Crippen LogP contribution is 2.25. The van der Waals surface area contributed by atoms with Crippen molar-refractivity contribution in [3.05, 3.63) is 65.7 Å². The minimum Gasteiger partial charge on any atom is -0.342 e. The highest BCUT2D eigenvalue weighted by atomic mass is 19.1. The molecule has 1 aliphatic rings. The number of hydrogen-bond donors (Lipinski definition) is 2. The van der Waals surface area contributed by atoms with Gasteiger partial charge in [0.1, 0.15) is 17.9 Å². The fourth-order valence-corrected chi connectivity index (χ4v) is 3.46. The van der Waals surface area contributed by atoms with E-state index in [4.69, 9.17) is 0 Å². The Balaban J connectivity index is 1.81. The second kappa shape index (κ2) is 8.38. The molecule has 4 amide bonds. The van der Waals surface area contributed by atoms with Crippen LogP contribution in [0.3, 0.4) is 0 Å². The van der Waals surface area contributed by atoms with Crippen LogP contribution in [0.15, 0.2) is 48.7 Å². The Hall–Kier alpha value is -3.29. The molecule has 7 nitrogen and oxygen atoms in total. The van der Waals surface area contributed by atoms with Gasteiger partial charge in [-0.2, -0.15) is 0 Å². The molecule has 1 fully saturated rings. The van der Waals surface area contributed by atoms with Gasteiger partial charge in [0.15, 0.2) is 0 Å². The molecule has 8 heteroatoms. The maximum Gasteiger partial charge on any atom is 0.325 e. The number of carbonyl (C=O) groups is 3. The van der Waals surface area contributed by atoms with E-state index in [1.165, 1.54) is 12.1 Å². The predicted molar refractivity (Wildman–Crippen MR) is 104 cm³/mol. The molecule has 1 aliphatic heterocycles. The molecule has 0 aliphatic carbocycles. The minimum absolute atomic E-state index is 0.414. The minimum atomic E-state index is -0.972. The molecule has 152 valence electrons. The number of nitrogens with one attached hydrogen (secondary N) is 2. The molecule has 0 spiro atoms. The van der Waals surface area contributed by atoms with Crippen molar-refractivity contribution in [1.29, 1.82) is 0 Å². The Morgan fingerprint density at radius 3 is 2.55 bits per heavy atom. The number of carbonyl (C=O) groups excluding carboxylic acids is 3. The number of urea groups is 1. The fraction of sp³-hybridized carbons (Fsp3) is 0.333. The summed E-state index contributed by atoms with van der Waals surface area (Å²) in [7, 11) is 0. The topological polar surface area (TPSA) is 91.4 Å². The highest BCUT2D eigenvalue weighted by molar-refractivity contribution is 6.09. The van der Waals surface area contributed by atoms with Crippen LogP contribution in [0.4, 0.5) is 9.18 Å². The zero-order valence-electron chi connectivity index (χ0n) is 16.3. The molecule has 2 aromatic rings. The standard InChI is InChI=1S/C21H23FN4O3/c1-3-21(4-2)19(28)26(20(29)25-21)13-17(27)24-18(16-10-5-6-11-23-16)14-8-7-9-15(22)12-14/h5-12,18H,3-4,13H2,1-2H3,(H,24,27)(H,25,29). The number of aromatic nitrogens is 1. The van der Waals surface area contributed by atoms with Crippen molar-refractivity contribution in [2.75, 3.05) is 6.54 Å². The first kappa shape index (κ1) is 20.4. The molecule has 29 heavy (non-hydrogen) atoms. The van der Waals surface area contributed by atoms with Crippen molar-refractivity contribution in [2.24, 2.45) is 0 Å². The predicted octanol–water partition coefficient (Wildman–Crippen LogP) is 2.54. The van der Waals surface area contributed by atoms with Gasteiger partial charge in [0.25, 0.3) is 5.91 Å². The Bertz CT molecular complexity index is 915. The largest absolute Gasteiger partial charge is 0.342 e. The first-order chi connectivity index (χ1) is 13.9. The maximum absolute atomic E-state index is 13.7. The summed E-state index contributed by atoms with van der Waals surface area (Å²) >= 11 is 0. The number of imide groups is 1. The number of benzene rings is 1. The zero-order chi connectivity index (χ0) is 21.0. The summed E-state index contributed by atoms with van der Waals surface area (Å²) < 4.78 is 13.7. The maximum atomic E-state index is 13.7. The van der Waals surface area contributed by atoms with E-state index in [1.54, 1.807) is 36.5 Å². The summed E-state index contributed by atoms with van der Waals surface area (Å²) in [5.41, 5.74) is 0.0474. The van der Waals surface area contributed by atoms with Crippen LogP contribution in [0, 0.1) is 5.82 Å². The van der Waals surface area contributed by atoms with E-state index < -0.39 is 41.8 Å². The fourth-order valence-electron chi connectivity index (χ4n) is 3.46. The second-order valence-corrected chi connectivity index (χ2v) is 6.92. The number of amides is 4. The molecule has 2 N–H and O–H groups in total. The average molecular weight is 398 g/mol. The van der Waals surface area contributed by atoms with Crippen molar-refractivity contribution in [3.63, 3.8) is 0 Å². The van der Waals surface area contributed by atoms with Crippen molar-refractivity contribution in [3.8, 4) is 0 Å². The quantitative estimate of drug-likeness (QED) is 0.701. The van der Waals surface area contributed by atoms with Gasteiger partial charge in [-0.05, 0) is 42.7 Å². The van der Waals surface area contributed by atoms with Gasteiger partial charge >= 0.3 is 6.03 Å². The van der Waals surface area contributed by atoms with E-state index in [9.17, 15) is 18.8 Å². The van der Waals surface area contributed by atoms with Crippen LogP contribution in [0.1, 0.15) is 44.0 Å². The van der Waals surface area contributed by atoms with Gasteiger partial charge in [0, 0.05) is 6.20 Å². The molecule has 1 atom stereocenters. The van der Waals surface area contributed by atoms with Crippen LogP contribution in [0.2, 0.25) is 0 Å². The summed E-state index contributed by atoms with van der Waals surface area (Å²) in [6, 6.07) is 9.73. The second-order valence-electron chi connectivity index (χ2n) is 6.92.